The fourth-order valence-electron chi connectivity index (χ4n) is 8.32. The maximum atomic E-state index is 12.1. The second-order valence-corrected chi connectivity index (χ2v) is 12.4. The summed E-state index contributed by atoms with van der Waals surface area (Å²) >= 11 is 0. The SMILES string of the molecule is CC(C)[C@@H](C)/C=C/[C@@](C)(O)[C@H]1[C@@H](O)C[C@H]2[C@@H]3CCC4=CC(=O)CC[C@]4(C)[C@@H]3CC[C@@]21CO. The number of ketones is 1. The second-order valence-electron chi connectivity index (χ2n) is 12.4. The van der Waals surface area contributed by atoms with Crippen LogP contribution in [0.15, 0.2) is 23.8 Å². The molecule has 3 saturated carbocycles. The highest BCUT2D eigenvalue weighted by Gasteiger charge is 2.65. The third kappa shape index (κ3) is 3.65. The molecule has 0 bridgehead atoms. The first-order valence-electron chi connectivity index (χ1n) is 12.9. The molecule has 0 aliphatic heterocycles. The van der Waals surface area contributed by atoms with Crippen LogP contribution in [-0.4, -0.2) is 39.4 Å². The molecule has 32 heavy (non-hydrogen) atoms. The Labute approximate surface area is 194 Å². The van der Waals surface area contributed by atoms with Gasteiger partial charge in [-0.05, 0) is 86.5 Å². The molecule has 0 radical (unpaired) electrons. The van der Waals surface area contributed by atoms with E-state index in [2.05, 4.69) is 33.8 Å². The average molecular weight is 445 g/mol. The highest BCUT2D eigenvalue weighted by Crippen LogP contribution is 2.67. The van der Waals surface area contributed by atoms with Crippen molar-refractivity contribution < 1.29 is 20.1 Å². The van der Waals surface area contributed by atoms with Crippen LogP contribution in [0, 0.1) is 46.3 Å². The van der Waals surface area contributed by atoms with Crippen molar-refractivity contribution in [3.05, 3.63) is 23.8 Å². The van der Waals surface area contributed by atoms with Crippen LogP contribution in [-0.2, 0) is 4.79 Å². The number of allylic oxidation sites excluding steroid dienone is 2. The van der Waals surface area contributed by atoms with Gasteiger partial charge in [0.05, 0.1) is 11.7 Å². The lowest BCUT2D eigenvalue weighted by molar-refractivity contribution is -0.132. The lowest BCUT2D eigenvalue weighted by Crippen LogP contribution is -2.56. The molecule has 4 rings (SSSR count). The van der Waals surface area contributed by atoms with E-state index in [4.69, 9.17) is 0 Å². The summed E-state index contributed by atoms with van der Waals surface area (Å²) in [6, 6.07) is 0. The van der Waals surface area contributed by atoms with Crippen molar-refractivity contribution >= 4 is 5.78 Å². The quantitative estimate of drug-likeness (QED) is 0.538. The number of fused-ring (bicyclic) bond motifs is 5. The zero-order valence-electron chi connectivity index (χ0n) is 20.7. The van der Waals surface area contributed by atoms with Gasteiger partial charge in [0.1, 0.15) is 0 Å². The van der Waals surface area contributed by atoms with E-state index < -0.39 is 17.1 Å². The maximum Gasteiger partial charge on any atom is 0.155 e. The largest absolute Gasteiger partial charge is 0.396 e. The standard InChI is InChI=1S/C28H44O4/c1-17(2)18(3)8-12-27(5,32)25-24(31)15-23-21-7-6-19-14-20(30)9-11-26(19,4)22(21)10-13-28(23,25)16-29/h8,12,14,17-18,21-25,29,31-32H,6-7,9-11,13,15-16H2,1-5H3/b12-8+/t18-,21+,22+,23-,24-,25+,26-,27+,28+/m0/s1. The monoisotopic (exact) mass is 444 g/mol. The smallest absolute Gasteiger partial charge is 0.155 e. The minimum Gasteiger partial charge on any atom is -0.396 e. The average Bonchev–Trinajstić information content (AvgIpc) is 3.05. The third-order valence-electron chi connectivity index (χ3n) is 10.4. The van der Waals surface area contributed by atoms with Gasteiger partial charge in [-0.3, -0.25) is 4.79 Å². The van der Waals surface area contributed by atoms with E-state index >= 15 is 0 Å². The molecule has 180 valence electrons. The summed E-state index contributed by atoms with van der Waals surface area (Å²) in [7, 11) is 0. The molecule has 0 unspecified atom stereocenters. The molecule has 4 heteroatoms. The Morgan fingerprint density at radius 1 is 1.19 bits per heavy atom. The molecule has 0 aromatic heterocycles. The van der Waals surface area contributed by atoms with Gasteiger partial charge in [0.15, 0.2) is 5.78 Å². The van der Waals surface area contributed by atoms with Crippen molar-refractivity contribution in [3.8, 4) is 0 Å². The van der Waals surface area contributed by atoms with E-state index in [0.717, 1.165) is 32.1 Å². The van der Waals surface area contributed by atoms with Crippen LogP contribution in [0.2, 0.25) is 0 Å². The van der Waals surface area contributed by atoms with E-state index in [-0.39, 0.29) is 29.6 Å². The minimum atomic E-state index is -1.16. The third-order valence-corrected chi connectivity index (χ3v) is 10.4. The van der Waals surface area contributed by atoms with Crippen molar-refractivity contribution in [2.75, 3.05) is 6.61 Å². The van der Waals surface area contributed by atoms with E-state index in [1.54, 1.807) is 0 Å². The molecule has 3 fully saturated rings. The van der Waals surface area contributed by atoms with Gasteiger partial charge in [-0.1, -0.05) is 45.4 Å². The Balaban J connectivity index is 1.65. The molecule has 0 amide bonds. The number of rotatable bonds is 5. The summed E-state index contributed by atoms with van der Waals surface area (Å²) in [5.74, 6) is 1.87. The van der Waals surface area contributed by atoms with Crippen LogP contribution in [0.3, 0.4) is 0 Å². The van der Waals surface area contributed by atoms with Crippen LogP contribution in [0.5, 0.6) is 0 Å². The second kappa shape index (κ2) is 8.36. The van der Waals surface area contributed by atoms with Crippen LogP contribution in [0.25, 0.3) is 0 Å². The van der Waals surface area contributed by atoms with Gasteiger partial charge in [0.25, 0.3) is 0 Å². The number of hydrogen-bond donors (Lipinski definition) is 3. The summed E-state index contributed by atoms with van der Waals surface area (Å²) in [5.41, 5.74) is -0.207. The molecule has 4 nitrogen and oxygen atoms in total. The molecular formula is C28H44O4. The lowest BCUT2D eigenvalue weighted by atomic mass is 9.46. The Morgan fingerprint density at radius 3 is 2.56 bits per heavy atom. The first-order chi connectivity index (χ1) is 15.0. The van der Waals surface area contributed by atoms with Crippen LogP contribution in [0.1, 0.15) is 79.6 Å². The summed E-state index contributed by atoms with van der Waals surface area (Å²) in [6.45, 7) is 10.7. The summed E-state index contributed by atoms with van der Waals surface area (Å²) < 4.78 is 0. The van der Waals surface area contributed by atoms with Gasteiger partial charge in [0.2, 0.25) is 0 Å². The summed E-state index contributed by atoms with van der Waals surface area (Å²) in [4.78, 5) is 12.1. The summed E-state index contributed by atoms with van der Waals surface area (Å²) in [5, 5.41) is 33.7. The van der Waals surface area contributed by atoms with Gasteiger partial charge in [-0.2, -0.15) is 0 Å². The van der Waals surface area contributed by atoms with E-state index in [1.165, 1.54) is 5.57 Å². The topological polar surface area (TPSA) is 77.8 Å². The van der Waals surface area contributed by atoms with Crippen molar-refractivity contribution in [1.29, 1.82) is 0 Å². The van der Waals surface area contributed by atoms with Crippen LogP contribution < -0.4 is 0 Å². The first-order valence-corrected chi connectivity index (χ1v) is 12.9. The van der Waals surface area contributed by atoms with Gasteiger partial charge >= 0.3 is 0 Å². The molecule has 0 aromatic carbocycles. The normalized spacial score (nSPS) is 44.6. The number of carbonyl (C=O) groups excluding carboxylic acids is 1. The van der Waals surface area contributed by atoms with Crippen molar-refractivity contribution in [3.63, 3.8) is 0 Å². The van der Waals surface area contributed by atoms with Gasteiger partial charge < -0.3 is 15.3 Å². The number of hydrogen-bond acceptors (Lipinski definition) is 4. The molecule has 4 aliphatic carbocycles. The predicted molar refractivity (Wildman–Crippen MR) is 127 cm³/mol. The number of aliphatic hydroxyl groups is 3. The Hall–Kier alpha value is -0.970. The molecule has 0 aromatic rings. The zero-order valence-corrected chi connectivity index (χ0v) is 20.7. The fourth-order valence-corrected chi connectivity index (χ4v) is 8.32. The predicted octanol–water partition coefficient (Wildman–Crippen LogP) is 4.68. The fraction of sp³-hybridized carbons (Fsp3) is 0.821. The minimum absolute atomic E-state index is 0.0181. The Kier molecular flexibility index (Phi) is 6.31. The Bertz CT molecular complexity index is 795. The highest BCUT2D eigenvalue weighted by molar-refractivity contribution is 5.91. The molecule has 4 aliphatic rings. The molecule has 3 N–H and O–H groups in total. The van der Waals surface area contributed by atoms with Crippen molar-refractivity contribution in [1.82, 2.24) is 0 Å². The van der Waals surface area contributed by atoms with E-state index in [1.807, 2.05) is 19.1 Å². The van der Waals surface area contributed by atoms with Gasteiger partial charge in [0, 0.05) is 24.4 Å². The first kappa shape index (κ1) is 24.2. The molecular weight excluding hydrogens is 400 g/mol. The number of aliphatic hydroxyl groups excluding tert-OH is 2. The van der Waals surface area contributed by atoms with E-state index in [0.29, 0.717) is 36.5 Å². The van der Waals surface area contributed by atoms with Gasteiger partial charge in [-0.25, -0.2) is 0 Å². The maximum absolute atomic E-state index is 12.1. The summed E-state index contributed by atoms with van der Waals surface area (Å²) in [6.07, 6.45) is 11.3. The molecule has 9 atom stereocenters. The number of carbonyl (C=O) groups is 1. The van der Waals surface area contributed by atoms with E-state index in [9.17, 15) is 20.1 Å². The Morgan fingerprint density at radius 2 is 1.91 bits per heavy atom. The molecule has 0 heterocycles. The lowest BCUT2D eigenvalue weighted by Gasteiger charge is -2.59. The van der Waals surface area contributed by atoms with Crippen molar-refractivity contribution in [2.24, 2.45) is 46.3 Å². The van der Waals surface area contributed by atoms with Crippen LogP contribution >= 0.6 is 0 Å². The highest BCUT2D eigenvalue weighted by atomic mass is 16.3. The molecule has 0 saturated heterocycles. The van der Waals surface area contributed by atoms with Crippen molar-refractivity contribution in [2.45, 2.75) is 91.3 Å². The molecule has 0 spiro atoms. The zero-order chi connectivity index (χ0) is 23.5. The van der Waals surface area contributed by atoms with Crippen LogP contribution in [0.4, 0.5) is 0 Å². The van der Waals surface area contributed by atoms with Gasteiger partial charge in [-0.15, -0.1) is 0 Å².